The van der Waals surface area contributed by atoms with Gasteiger partial charge in [0.2, 0.25) is 0 Å². The molecule has 0 radical (unpaired) electrons. The number of hydrogen-bond acceptors (Lipinski definition) is 3. The predicted octanol–water partition coefficient (Wildman–Crippen LogP) is 2.39. The van der Waals surface area contributed by atoms with Crippen LogP contribution in [0.5, 0.6) is 0 Å². The fourth-order valence-electron chi connectivity index (χ4n) is 1.80. The van der Waals surface area contributed by atoms with Gasteiger partial charge in [0.1, 0.15) is 17.3 Å². The molecule has 2 rings (SSSR count). The molecule has 4 nitrogen and oxygen atoms in total. The van der Waals surface area contributed by atoms with Crippen molar-refractivity contribution in [2.24, 2.45) is 0 Å². The molecule has 19 heavy (non-hydrogen) atoms. The number of aromatic nitrogens is 3. The second-order valence-corrected chi connectivity index (χ2v) is 4.14. The van der Waals surface area contributed by atoms with Crippen molar-refractivity contribution < 1.29 is 13.6 Å². The van der Waals surface area contributed by atoms with E-state index >= 15 is 0 Å². The van der Waals surface area contributed by atoms with Gasteiger partial charge in [0, 0.05) is 18.5 Å². The van der Waals surface area contributed by atoms with Gasteiger partial charge in [-0.2, -0.15) is 0 Å². The third-order valence-corrected chi connectivity index (χ3v) is 2.74. The molecular weight excluding hydrogens is 252 g/mol. The van der Waals surface area contributed by atoms with E-state index in [1.54, 1.807) is 0 Å². The lowest BCUT2D eigenvalue weighted by atomic mass is 10.1. The van der Waals surface area contributed by atoms with Gasteiger partial charge >= 0.3 is 0 Å². The molecule has 0 unspecified atom stereocenters. The van der Waals surface area contributed by atoms with Crippen LogP contribution in [0, 0.1) is 11.6 Å². The first-order valence-electron chi connectivity index (χ1n) is 5.98. The second-order valence-electron chi connectivity index (χ2n) is 4.14. The summed E-state index contributed by atoms with van der Waals surface area (Å²) in [7, 11) is 0. The number of nitrogens with zero attached hydrogens (tertiary/aromatic N) is 3. The van der Waals surface area contributed by atoms with E-state index in [4.69, 9.17) is 0 Å². The zero-order valence-corrected chi connectivity index (χ0v) is 10.4. The molecule has 6 heteroatoms. The van der Waals surface area contributed by atoms with E-state index in [9.17, 15) is 13.6 Å². The smallest absolute Gasteiger partial charge is 0.187 e. The normalized spacial score (nSPS) is 10.7. The number of benzene rings is 1. The molecule has 0 saturated carbocycles. The second kappa shape index (κ2) is 5.69. The van der Waals surface area contributed by atoms with Crippen LogP contribution in [0.3, 0.4) is 0 Å². The minimum atomic E-state index is -0.720. The number of aryl methyl sites for hydroxylation is 1. The minimum absolute atomic E-state index is 0.225. The standard InChI is InChI=1S/C13H13F2N3O/c1-2-6-18-12(8-16-17-18)13(19)7-9-10(14)4-3-5-11(9)15/h3-5,8H,2,6-7H2,1H3. The van der Waals surface area contributed by atoms with E-state index in [1.807, 2.05) is 6.92 Å². The molecule has 0 saturated heterocycles. The molecule has 0 fully saturated rings. The summed E-state index contributed by atoms with van der Waals surface area (Å²) in [6.07, 6.45) is 1.77. The van der Waals surface area contributed by atoms with Gasteiger partial charge in [0.15, 0.2) is 5.78 Å². The zero-order valence-electron chi connectivity index (χ0n) is 10.4. The number of hydrogen-bond donors (Lipinski definition) is 0. The number of Topliss-reactive ketones (excluding diaryl/α,β-unsaturated/α-hetero) is 1. The highest BCUT2D eigenvalue weighted by atomic mass is 19.1. The first-order chi connectivity index (χ1) is 9.13. The van der Waals surface area contributed by atoms with E-state index < -0.39 is 17.4 Å². The molecule has 0 atom stereocenters. The van der Waals surface area contributed by atoms with Gasteiger partial charge in [-0.3, -0.25) is 4.79 Å². The average molecular weight is 265 g/mol. The lowest BCUT2D eigenvalue weighted by molar-refractivity contribution is 0.0980. The molecule has 0 aliphatic heterocycles. The number of carbonyl (C=O) groups excluding carboxylic acids is 1. The Morgan fingerprint density at radius 2 is 2.00 bits per heavy atom. The van der Waals surface area contributed by atoms with Crippen molar-refractivity contribution in [1.29, 1.82) is 0 Å². The number of halogens is 2. The van der Waals surface area contributed by atoms with Crippen molar-refractivity contribution in [3.05, 3.63) is 47.3 Å². The fourth-order valence-corrected chi connectivity index (χ4v) is 1.80. The van der Waals surface area contributed by atoms with E-state index in [1.165, 1.54) is 16.9 Å². The molecule has 0 N–H and O–H groups in total. The van der Waals surface area contributed by atoms with Crippen LogP contribution in [0.2, 0.25) is 0 Å². The van der Waals surface area contributed by atoms with Crippen molar-refractivity contribution in [1.82, 2.24) is 15.0 Å². The van der Waals surface area contributed by atoms with Gasteiger partial charge in [0.25, 0.3) is 0 Å². The Morgan fingerprint density at radius 1 is 1.32 bits per heavy atom. The summed E-state index contributed by atoms with van der Waals surface area (Å²) in [5, 5.41) is 7.42. The predicted molar refractivity (Wildman–Crippen MR) is 64.7 cm³/mol. The maximum atomic E-state index is 13.5. The Bertz CT molecular complexity index is 575. The van der Waals surface area contributed by atoms with E-state index in [0.717, 1.165) is 18.6 Å². The van der Waals surface area contributed by atoms with Gasteiger partial charge < -0.3 is 0 Å². The quantitative estimate of drug-likeness (QED) is 0.780. The van der Waals surface area contributed by atoms with Gasteiger partial charge in [0.05, 0.1) is 6.20 Å². The molecule has 2 aromatic rings. The maximum Gasteiger partial charge on any atom is 0.187 e. The fraction of sp³-hybridized carbons (Fsp3) is 0.308. The van der Waals surface area contributed by atoms with Crippen LogP contribution in [-0.2, 0) is 13.0 Å². The highest BCUT2D eigenvalue weighted by Gasteiger charge is 2.18. The summed E-state index contributed by atoms with van der Waals surface area (Å²) in [5.41, 5.74) is 0.0428. The van der Waals surface area contributed by atoms with Crippen LogP contribution in [0.4, 0.5) is 8.78 Å². The van der Waals surface area contributed by atoms with Gasteiger partial charge in [-0.1, -0.05) is 18.2 Å². The van der Waals surface area contributed by atoms with Crippen LogP contribution in [0.1, 0.15) is 29.4 Å². The largest absolute Gasteiger partial charge is 0.292 e. The highest BCUT2D eigenvalue weighted by molar-refractivity contribution is 5.95. The molecule has 0 aliphatic carbocycles. The summed E-state index contributed by atoms with van der Waals surface area (Å²) in [6.45, 7) is 2.48. The van der Waals surface area contributed by atoms with Crippen LogP contribution in [0.25, 0.3) is 0 Å². The number of carbonyl (C=O) groups is 1. The highest BCUT2D eigenvalue weighted by Crippen LogP contribution is 2.15. The Morgan fingerprint density at radius 3 is 2.63 bits per heavy atom. The number of ketones is 1. The lowest BCUT2D eigenvalue weighted by Gasteiger charge is -2.05. The molecule has 0 spiro atoms. The molecule has 0 bridgehead atoms. The van der Waals surface area contributed by atoms with E-state index in [0.29, 0.717) is 6.54 Å². The third kappa shape index (κ3) is 2.83. The zero-order chi connectivity index (χ0) is 13.8. The monoisotopic (exact) mass is 265 g/mol. The van der Waals surface area contributed by atoms with Crippen molar-refractivity contribution >= 4 is 5.78 Å². The van der Waals surface area contributed by atoms with E-state index in [-0.39, 0.29) is 17.7 Å². The molecule has 100 valence electrons. The van der Waals surface area contributed by atoms with Crippen molar-refractivity contribution in [3.8, 4) is 0 Å². The van der Waals surface area contributed by atoms with Crippen molar-refractivity contribution in [3.63, 3.8) is 0 Å². The Labute approximate surface area is 109 Å². The van der Waals surface area contributed by atoms with Crippen molar-refractivity contribution in [2.45, 2.75) is 26.3 Å². The Hall–Kier alpha value is -2.11. The van der Waals surface area contributed by atoms with Crippen molar-refractivity contribution in [2.75, 3.05) is 0 Å². The summed E-state index contributed by atoms with van der Waals surface area (Å²) < 4.78 is 28.4. The Balaban J connectivity index is 2.24. The van der Waals surface area contributed by atoms with Gasteiger partial charge in [-0.25, -0.2) is 13.5 Å². The average Bonchev–Trinajstić information content (AvgIpc) is 2.83. The summed E-state index contributed by atoms with van der Waals surface area (Å²) in [5.74, 6) is -1.84. The van der Waals surface area contributed by atoms with Gasteiger partial charge in [-0.05, 0) is 18.6 Å². The van der Waals surface area contributed by atoms with Crippen LogP contribution in [0.15, 0.2) is 24.4 Å². The van der Waals surface area contributed by atoms with Crippen LogP contribution < -0.4 is 0 Å². The topological polar surface area (TPSA) is 47.8 Å². The molecule has 1 aromatic carbocycles. The van der Waals surface area contributed by atoms with Crippen LogP contribution in [-0.4, -0.2) is 20.8 Å². The first-order valence-corrected chi connectivity index (χ1v) is 5.98. The van der Waals surface area contributed by atoms with E-state index in [2.05, 4.69) is 10.3 Å². The molecule has 0 amide bonds. The van der Waals surface area contributed by atoms with Gasteiger partial charge in [-0.15, -0.1) is 5.10 Å². The number of rotatable bonds is 5. The molecule has 1 aromatic heterocycles. The summed E-state index contributed by atoms with van der Waals surface area (Å²) >= 11 is 0. The lowest BCUT2D eigenvalue weighted by Crippen LogP contribution is -2.14. The SMILES string of the molecule is CCCn1nncc1C(=O)Cc1c(F)cccc1F. The maximum absolute atomic E-state index is 13.5. The summed E-state index contributed by atoms with van der Waals surface area (Å²) in [4.78, 5) is 12.0. The van der Waals surface area contributed by atoms with Crippen LogP contribution >= 0.6 is 0 Å². The summed E-state index contributed by atoms with van der Waals surface area (Å²) in [6, 6.07) is 3.53. The molecule has 1 heterocycles. The molecular formula is C13H13F2N3O. The molecule has 0 aliphatic rings. The third-order valence-electron chi connectivity index (χ3n) is 2.74. The minimum Gasteiger partial charge on any atom is -0.292 e. The first kappa shape index (κ1) is 13.3. The Kier molecular flexibility index (Phi) is 3.99.